The highest BCUT2D eigenvalue weighted by Gasteiger charge is 2.35. The molecular formula is C20H20N2O2. The van der Waals surface area contributed by atoms with Crippen molar-refractivity contribution >= 4 is 10.9 Å². The monoisotopic (exact) mass is 320 g/mol. The molecule has 0 radical (unpaired) electrons. The van der Waals surface area contributed by atoms with Crippen molar-refractivity contribution < 1.29 is 4.92 Å². The van der Waals surface area contributed by atoms with E-state index in [0.29, 0.717) is 5.56 Å². The Bertz CT molecular complexity index is 925. The summed E-state index contributed by atoms with van der Waals surface area (Å²) in [4.78, 5) is 16.1. The molecule has 122 valence electrons. The molecular weight excluding hydrogens is 300 g/mol. The van der Waals surface area contributed by atoms with Crippen molar-refractivity contribution in [1.82, 2.24) is 4.98 Å². The van der Waals surface area contributed by atoms with Crippen molar-refractivity contribution in [3.63, 3.8) is 0 Å². The first-order valence-electron chi connectivity index (χ1n) is 7.92. The molecule has 0 saturated carbocycles. The largest absolute Gasteiger partial charge is 0.264 e. The van der Waals surface area contributed by atoms with Gasteiger partial charge in [-0.25, -0.2) is 4.98 Å². The Labute approximate surface area is 141 Å². The Morgan fingerprint density at radius 3 is 2.25 bits per heavy atom. The lowest BCUT2D eigenvalue weighted by molar-refractivity contribution is -0.569. The van der Waals surface area contributed by atoms with Crippen molar-refractivity contribution in [2.24, 2.45) is 0 Å². The number of fused-ring (bicyclic) bond motifs is 1. The second kappa shape index (κ2) is 5.71. The Morgan fingerprint density at radius 1 is 1.00 bits per heavy atom. The van der Waals surface area contributed by atoms with Crippen LogP contribution in [0.1, 0.15) is 30.5 Å². The van der Waals surface area contributed by atoms with Crippen LogP contribution >= 0.6 is 0 Å². The van der Waals surface area contributed by atoms with Gasteiger partial charge in [-0.3, -0.25) is 10.1 Å². The van der Waals surface area contributed by atoms with E-state index in [0.717, 1.165) is 33.3 Å². The minimum absolute atomic E-state index is 0.236. The molecule has 4 nitrogen and oxygen atoms in total. The molecule has 0 bridgehead atoms. The average molecular weight is 320 g/mol. The quantitative estimate of drug-likeness (QED) is 0.502. The maximum atomic E-state index is 11.6. The van der Waals surface area contributed by atoms with E-state index >= 15 is 0 Å². The smallest absolute Gasteiger partial charge is 0.242 e. The van der Waals surface area contributed by atoms with Crippen LogP contribution in [0, 0.1) is 24.0 Å². The standard InChI is InChI=1S/C20H20N2O2/c1-13-9-14(2)11-15(10-13)19-12-17(20(3,4)22(23)24)16-7-5-6-8-18(16)21-19/h5-12H,1-4H3. The summed E-state index contributed by atoms with van der Waals surface area (Å²) in [6.45, 7) is 7.36. The molecule has 0 unspecified atom stereocenters. The van der Waals surface area contributed by atoms with Gasteiger partial charge in [0.25, 0.3) is 0 Å². The predicted molar refractivity (Wildman–Crippen MR) is 96.7 cm³/mol. The van der Waals surface area contributed by atoms with Crippen LogP contribution in [0.5, 0.6) is 0 Å². The van der Waals surface area contributed by atoms with Crippen LogP contribution in [0.2, 0.25) is 0 Å². The first-order valence-corrected chi connectivity index (χ1v) is 7.92. The van der Waals surface area contributed by atoms with E-state index in [9.17, 15) is 10.1 Å². The van der Waals surface area contributed by atoms with Crippen LogP contribution in [0.4, 0.5) is 0 Å². The van der Waals surface area contributed by atoms with Crippen molar-refractivity contribution in [1.29, 1.82) is 0 Å². The lowest BCUT2D eigenvalue weighted by atomic mass is 9.90. The van der Waals surface area contributed by atoms with Crippen molar-refractivity contribution in [3.05, 3.63) is 75.3 Å². The fraction of sp³-hybridized carbons (Fsp3) is 0.250. The summed E-state index contributed by atoms with van der Waals surface area (Å²) in [6, 6.07) is 15.7. The van der Waals surface area contributed by atoms with Crippen LogP contribution in [0.3, 0.4) is 0 Å². The number of aryl methyl sites for hydroxylation is 2. The SMILES string of the molecule is Cc1cc(C)cc(-c2cc(C(C)(C)[N+](=O)[O-])c3ccccc3n2)c1. The number of aromatic nitrogens is 1. The molecule has 1 aromatic heterocycles. The normalized spacial score (nSPS) is 11.7. The fourth-order valence-electron chi connectivity index (χ4n) is 3.05. The molecule has 1 heterocycles. The number of pyridine rings is 1. The summed E-state index contributed by atoms with van der Waals surface area (Å²) < 4.78 is 0. The first-order chi connectivity index (χ1) is 11.3. The third kappa shape index (κ3) is 2.75. The number of para-hydroxylation sites is 1. The van der Waals surface area contributed by atoms with Crippen LogP contribution in [0.25, 0.3) is 22.2 Å². The van der Waals surface area contributed by atoms with Gasteiger partial charge in [-0.1, -0.05) is 35.4 Å². The maximum absolute atomic E-state index is 11.6. The highest BCUT2D eigenvalue weighted by molar-refractivity contribution is 5.86. The lowest BCUT2D eigenvalue weighted by Gasteiger charge is -2.19. The first kappa shape index (κ1) is 16.1. The third-order valence-corrected chi connectivity index (χ3v) is 4.35. The van der Waals surface area contributed by atoms with Crippen molar-refractivity contribution in [2.75, 3.05) is 0 Å². The Morgan fingerprint density at radius 2 is 1.62 bits per heavy atom. The average Bonchev–Trinajstić information content (AvgIpc) is 2.52. The molecule has 0 aliphatic rings. The predicted octanol–water partition coefficient (Wildman–Crippen LogP) is 5.03. The summed E-state index contributed by atoms with van der Waals surface area (Å²) in [7, 11) is 0. The molecule has 0 spiro atoms. The second-order valence-electron chi connectivity index (χ2n) is 6.76. The number of rotatable bonds is 3. The second-order valence-corrected chi connectivity index (χ2v) is 6.76. The van der Waals surface area contributed by atoms with E-state index in [-0.39, 0.29) is 4.92 Å². The molecule has 0 atom stereocenters. The van der Waals surface area contributed by atoms with Gasteiger partial charge in [0, 0.05) is 35.3 Å². The van der Waals surface area contributed by atoms with Crippen LogP contribution in [0.15, 0.2) is 48.5 Å². The van der Waals surface area contributed by atoms with Crippen molar-refractivity contribution in [3.8, 4) is 11.3 Å². The molecule has 0 amide bonds. The highest BCUT2D eigenvalue weighted by Crippen LogP contribution is 2.33. The third-order valence-electron chi connectivity index (χ3n) is 4.35. The van der Waals surface area contributed by atoms with E-state index in [4.69, 9.17) is 4.98 Å². The van der Waals surface area contributed by atoms with Gasteiger partial charge >= 0.3 is 0 Å². The molecule has 2 aromatic carbocycles. The minimum Gasteiger partial charge on any atom is -0.264 e. The van der Waals surface area contributed by atoms with E-state index < -0.39 is 5.54 Å². The molecule has 0 aliphatic heterocycles. The van der Waals surface area contributed by atoms with Gasteiger partial charge in [0.15, 0.2) is 0 Å². The van der Waals surface area contributed by atoms with E-state index in [1.54, 1.807) is 13.8 Å². The van der Waals surface area contributed by atoms with Gasteiger partial charge in [0.1, 0.15) is 0 Å². The van der Waals surface area contributed by atoms with Gasteiger partial charge in [-0.15, -0.1) is 0 Å². The van der Waals surface area contributed by atoms with Crippen LogP contribution in [-0.2, 0) is 5.54 Å². The number of hydrogen-bond acceptors (Lipinski definition) is 3. The zero-order chi connectivity index (χ0) is 17.5. The fourth-order valence-corrected chi connectivity index (χ4v) is 3.05. The summed E-state index contributed by atoms with van der Waals surface area (Å²) in [5, 5.41) is 12.4. The number of nitro groups is 1. The minimum atomic E-state index is -1.18. The van der Waals surface area contributed by atoms with Gasteiger partial charge in [0.2, 0.25) is 5.54 Å². The van der Waals surface area contributed by atoms with E-state index in [2.05, 4.69) is 18.2 Å². The van der Waals surface area contributed by atoms with Gasteiger partial charge in [0.05, 0.1) is 11.2 Å². The Kier molecular flexibility index (Phi) is 3.84. The van der Waals surface area contributed by atoms with Crippen LogP contribution < -0.4 is 0 Å². The molecule has 3 aromatic rings. The molecule has 0 fully saturated rings. The summed E-state index contributed by atoms with van der Waals surface area (Å²) in [6.07, 6.45) is 0. The van der Waals surface area contributed by atoms with Crippen molar-refractivity contribution in [2.45, 2.75) is 33.2 Å². The topological polar surface area (TPSA) is 56.0 Å². The summed E-state index contributed by atoms with van der Waals surface area (Å²) >= 11 is 0. The number of nitrogens with zero attached hydrogens (tertiary/aromatic N) is 2. The zero-order valence-electron chi connectivity index (χ0n) is 14.3. The van der Waals surface area contributed by atoms with Gasteiger partial charge in [-0.05, 0) is 38.1 Å². The highest BCUT2D eigenvalue weighted by atomic mass is 16.6. The molecule has 0 saturated heterocycles. The van der Waals surface area contributed by atoms with E-state index in [1.165, 1.54) is 0 Å². The van der Waals surface area contributed by atoms with Gasteiger partial charge < -0.3 is 0 Å². The Hall–Kier alpha value is -2.75. The molecule has 4 heteroatoms. The van der Waals surface area contributed by atoms with Gasteiger partial charge in [-0.2, -0.15) is 0 Å². The van der Waals surface area contributed by atoms with E-state index in [1.807, 2.05) is 44.2 Å². The zero-order valence-corrected chi connectivity index (χ0v) is 14.3. The summed E-state index contributed by atoms with van der Waals surface area (Å²) in [5.74, 6) is 0. The Balaban J connectivity index is 2.33. The van der Waals surface area contributed by atoms with Crippen LogP contribution in [-0.4, -0.2) is 9.91 Å². The molecule has 24 heavy (non-hydrogen) atoms. The number of hydrogen-bond donors (Lipinski definition) is 0. The summed E-state index contributed by atoms with van der Waals surface area (Å²) in [5.41, 5.74) is 4.33. The molecule has 3 rings (SSSR count). The number of benzene rings is 2. The maximum Gasteiger partial charge on any atom is 0.242 e. The molecule has 0 N–H and O–H groups in total. The molecule has 0 aliphatic carbocycles. The lowest BCUT2D eigenvalue weighted by Crippen LogP contribution is -2.28.